The van der Waals surface area contributed by atoms with Gasteiger partial charge in [0.1, 0.15) is 16.8 Å². The Morgan fingerprint density at radius 2 is 1.25 bits per heavy atom. The van der Waals surface area contributed by atoms with E-state index in [-0.39, 0.29) is 6.61 Å². The lowest BCUT2D eigenvalue weighted by atomic mass is 9.99. The van der Waals surface area contributed by atoms with Crippen LogP contribution in [0.4, 0.5) is 0 Å². The summed E-state index contributed by atoms with van der Waals surface area (Å²) >= 11 is 1.86. The van der Waals surface area contributed by atoms with Gasteiger partial charge >= 0.3 is 23.9 Å². The molecule has 1 saturated heterocycles. The van der Waals surface area contributed by atoms with Crippen molar-refractivity contribution in [1.82, 2.24) is 0 Å². The fraction of sp³-hybridized carbons (Fsp3) is 0.714. The average Bonchev–Trinajstić information content (AvgIpc) is 2.42. The minimum Gasteiger partial charge on any atom is -0.463 e. The molecule has 0 amide bonds. The van der Waals surface area contributed by atoms with Crippen LogP contribution in [0.1, 0.15) is 27.7 Å². The number of carbonyl (C=O) groups excluding carboxylic acids is 4. The predicted octanol–water partition coefficient (Wildman–Crippen LogP) is 0.504. The predicted molar refractivity (Wildman–Crippen MR) is 86.0 cm³/mol. The Hall–Kier alpha value is -1.43. The summed E-state index contributed by atoms with van der Waals surface area (Å²) in [6.07, 6.45) is -4.05. The van der Waals surface area contributed by atoms with Gasteiger partial charge in [-0.2, -0.15) is 0 Å². The van der Waals surface area contributed by atoms with Crippen molar-refractivity contribution in [3.05, 3.63) is 0 Å². The largest absolute Gasteiger partial charge is 0.463 e. The van der Waals surface area contributed by atoms with Crippen molar-refractivity contribution in [2.75, 3.05) is 6.61 Å². The lowest BCUT2D eigenvalue weighted by Gasteiger charge is -2.42. The van der Waals surface area contributed by atoms with Gasteiger partial charge in [0.25, 0.3) is 0 Å². The van der Waals surface area contributed by atoms with Gasteiger partial charge in [-0.3, -0.25) is 19.2 Å². The number of rotatable bonds is 5. The van der Waals surface area contributed by atoms with Crippen LogP contribution in [-0.4, -0.2) is 59.0 Å². The number of alkyl halides is 1. The van der Waals surface area contributed by atoms with E-state index in [0.717, 1.165) is 0 Å². The molecule has 0 N–H and O–H groups in total. The fourth-order valence-electron chi connectivity index (χ4n) is 2.18. The van der Waals surface area contributed by atoms with Crippen LogP contribution in [0.2, 0.25) is 0 Å². The molecule has 24 heavy (non-hydrogen) atoms. The Labute approximate surface area is 152 Å². The van der Waals surface area contributed by atoms with Crippen molar-refractivity contribution in [2.45, 2.75) is 56.2 Å². The molecule has 136 valence electrons. The quantitative estimate of drug-likeness (QED) is 0.252. The van der Waals surface area contributed by atoms with Gasteiger partial charge in [0, 0.05) is 27.7 Å². The third-order valence-corrected chi connectivity index (χ3v) is 3.94. The minimum atomic E-state index is -1.10. The topological polar surface area (TPSA) is 114 Å². The molecule has 0 aromatic carbocycles. The van der Waals surface area contributed by atoms with Gasteiger partial charge in [0.2, 0.25) is 0 Å². The molecule has 1 rings (SSSR count). The molecule has 0 bridgehead atoms. The second kappa shape index (κ2) is 9.16. The van der Waals surface area contributed by atoms with E-state index in [0.29, 0.717) is 0 Å². The molecule has 0 aromatic rings. The first kappa shape index (κ1) is 20.6. The van der Waals surface area contributed by atoms with Crippen molar-refractivity contribution >= 4 is 46.5 Å². The molecule has 5 atom stereocenters. The van der Waals surface area contributed by atoms with Crippen LogP contribution in [0.5, 0.6) is 0 Å². The molecular formula is C14H19IO9. The van der Waals surface area contributed by atoms with Gasteiger partial charge in [-0.25, -0.2) is 0 Å². The van der Waals surface area contributed by atoms with Crippen molar-refractivity contribution < 1.29 is 42.9 Å². The van der Waals surface area contributed by atoms with Gasteiger partial charge in [0.15, 0.2) is 18.3 Å². The average molecular weight is 458 g/mol. The van der Waals surface area contributed by atoms with Crippen LogP contribution in [0.15, 0.2) is 0 Å². The molecular weight excluding hydrogens is 439 g/mol. The zero-order chi connectivity index (χ0) is 18.4. The highest BCUT2D eigenvalue weighted by Gasteiger charge is 2.51. The van der Waals surface area contributed by atoms with Crippen LogP contribution in [0.25, 0.3) is 0 Å². The normalized spacial score (nSPS) is 29.3. The maximum absolute atomic E-state index is 11.4. The molecule has 3 unspecified atom stereocenters. The summed E-state index contributed by atoms with van der Waals surface area (Å²) in [5, 5.41) is 0. The lowest BCUT2D eigenvalue weighted by molar-refractivity contribution is -0.234. The van der Waals surface area contributed by atoms with Crippen molar-refractivity contribution in [1.29, 1.82) is 0 Å². The molecule has 0 radical (unpaired) electrons. The molecule has 1 fully saturated rings. The Bertz CT molecular complexity index is 506. The van der Waals surface area contributed by atoms with Gasteiger partial charge in [0.05, 0.1) is 0 Å². The van der Waals surface area contributed by atoms with Crippen LogP contribution in [0.3, 0.4) is 0 Å². The van der Waals surface area contributed by atoms with E-state index in [1.54, 1.807) is 0 Å². The van der Waals surface area contributed by atoms with Crippen LogP contribution >= 0.6 is 22.6 Å². The van der Waals surface area contributed by atoms with E-state index in [1.165, 1.54) is 27.7 Å². The van der Waals surface area contributed by atoms with Crippen LogP contribution < -0.4 is 0 Å². The molecule has 10 heteroatoms. The maximum Gasteiger partial charge on any atom is 0.303 e. The standard InChI is InChI=1S/C14H19IO9/c1-6(16)20-5-10-11(21-7(2)17)12(22-8(3)18)13(14(15)24-10)23-9(4)19/h10-14H,5H2,1-4H3/t10?,11-,12?,13?,14+/m1/s1. The molecule has 0 saturated carbocycles. The maximum atomic E-state index is 11.4. The first-order chi connectivity index (χ1) is 11.1. The van der Waals surface area contributed by atoms with Crippen molar-refractivity contribution in [3.8, 4) is 0 Å². The second-order valence-electron chi connectivity index (χ2n) is 5.05. The molecule has 1 aliphatic rings. The van der Waals surface area contributed by atoms with Crippen LogP contribution in [0, 0.1) is 0 Å². The Morgan fingerprint density at radius 3 is 1.71 bits per heavy atom. The number of carbonyl (C=O) groups is 4. The number of esters is 4. The van der Waals surface area contributed by atoms with Crippen LogP contribution in [-0.2, 0) is 42.9 Å². The highest BCUT2D eigenvalue weighted by atomic mass is 127. The van der Waals surface area contributed by atoms with Crippen molar-refractivity contribution in [2.24, 2.45) is 0 Å². The number of hydrogen-bond donors (Lipinski definition) is 0. The first-order valence-electron chi connectivity index (χ1n) is 7.06. The Kier molecular flexibility index (Phi) is 7.87. The zero-order valence-corrected chi connectivity index (χ0v) is 15.8. The van der Waals surface area contributed by atoms with Gasteiger partial charge in [-0.05, 0) is 22.6 Å². The number of ether oxygens (including phenoxy) is 5. The molecule has 0 aromatic heterocycles. The molecule has 1 heterocycles. The second-order valence-corrected chi connectivity index (χ2v) is 6.28. The first-order valence-corrected chi connectivity index (χ1v) is 8.31. The lowest BCUT2D eigenvalue weighted by Crippen LogP contribution is -2.60. The minimum absolute atomic E-state index is 0.211. The van der Waals surface area contributed by atoms with E-state index in [1.807, 2.05) is 22.6 Å². The molecule has 0 spiro atoms. The SMILES string of the molecule is CC(=O)OCC1O[C@H](I)C(OC(C)=O)C(OC(C)=O)[C@@H]1OC(C)=O. The summed E-state index contributed by atoms with van der Waals surface area (Å²) in [6, 6.07) is 0. The number of hydrogen-bond acceptors (Lipinski definition) is 9. The van der Waals surface area contributed by atoms with Gasteiger partial charge in [-0.15, -0.1) is 0 Å². The van der Waals surface area contributed by atoms with Gasteiger partial charge in [-0.1, -0.05) is 0 Å². The molecule has 1 aliphatic heterocycles. The third kappa shape index (κ3) is 6.23. The van der Waals surface area contributed by atoms with E-state index in [4.69, 9.17) is 23.7 Å². The monoisotopic (exact) mass is 458 g/mol. The summed E-state index contributed by atoms with van der Waals surface area (Å²) in [7, 11) is 0. The van der Waals surface area contributed by atoms with E-state index in [9.17, 15) is 19.2 Å². The molecule has 0 aliphatic carbocycles. The zero-order valence-electron chi connectivity index (χ0n) is 13.6. The summed E-state index contributed by atoms with van der Waals surface area (Å²) < 4.78 is 25.4. The van der Waals surface area contributed by atoms with Crippen molar-refractivity contribution in [3.63, 3.8) is 0 Å². The summed E-state index contributed by atoms with van der Waals surface area (Å²) in [4.78, 5) is 45.2. The highest BCUT2D eigenvalue weighted by Crippen LogP contribution is 2.31. The third-order valence-electron chi connectivity index (χ3n) is 2.93. The Balaban J connectivity index is 3.11. The van der Waals surface area contributed by atoms with Gasteiger partial charge < -0.3 is 23.7 Å². The summed E-state index contributed by atoms with van der Waals surface area (Å²) in [5.41, 5.74) is 0. The summed E-state index contributed by atoms with van der Waals surface area (Å²) in [6.45, 7) is 4.55. The van der Waals surface area contributed by atoms with E-state index in [2.05, 4.69) is 0 Å². The van der Waals surface area contributed by atoms with E-state index < -0.39 is 52.4 Å². The summed E-state index contributed by atoms with van der Waals surface area (Å²) in [5.74, 6) is -2.45. The van der Waals surface area contributed by atoms with E-state index >= 15 is 0 Å². The Morgan fingerprint density at radius 1 is 0.792 bits per heavy atom. The smallest absolute Gasteiger partial charge is 0.303 e. The highest BCUT2D eigenvalue weighted by molar-refractivity contribution is 14.1. The molecule has 9 nitrogen and oxygen atoms in total. The number of halogens is 1. The fourth-order valence-corrected chi connectivity index (χ4v) is 3.11.